The van der Waals surface area contributed by atoms with Gasteiger partial charge in [-0.05, 0) is 45.2 Å². The molecule has 3 rings (SSSR count). The Hall–Kier alpha value is -0.610. The molecule has 4 heteroatoms. The van der Waals surface area contributed by atoms with E-state index in [2.05, 4.69) is 9.80 Å². The lowest BCUT2D eigenvalue weighted by atomic mass is 10.0. The summed E-state index contributed by atoms with van der Waals surface area (Å²) in [5.41, 5.74) is 0. The molecule has 2 saturated heterocycles. The Morgan fingerprint density at radius 3 is 2.21 bits per heavy atom. The molecule has 1 saturated carbocycles. The van der Waals surface area contributed by atoms with Crippen LogP contribution in [-0.2, 0) is 4.79 Å². The average Bonchev–Trinajstić information content (AvgIpc) is 3.10. The van der Waals surface area contributed by atoms with Gasteiger partial charge < -0.3 is 5.11 Å². The normalized spacial score (nSPS) is 34.9. The number of carboxylic acid groups (broad SMARTS) is 1. The van der Waals surface area contributed by atoms with Gasteiger partial charge in [0.2, 0.25) is 0 Å². The molecule has 2 atom stereocenters. The first-order valence-corrected chi connectivity index (χ1v) is 7.95. The van der Waals surface area contributed by atoms with E-state index < -0.39 is 5.97 Å². The maximum atomic E-state index is 11.1. The number of hydrogen-bond acceptors (Lipinski definition) is 3. The lowest BCUT2D eigenvalue weighted by Gasteiger charge is -2.40. The maximum absolute atomic E-state index is 11.1. The van der Waals surface area contributed by atoms with Gasteiger partial charge >= 0.3 is 5.97 Å². The van der Waals surface area contributed by atoms with Gasteiger partial charge in [0.05, 0.1) is 5.92 Å². The van der Waals surface area contributed by atoms with E-state index in [1.807, 2.05) is 0 Å². The quantitative estimate of drug-likeness (QED) is 0.846. The zero-order valence-electron chi connectivity index (χ0n) is 11.8. The number of carbonyl (C=O) groups is 1. The lowest BCUT2D eigenvalue weighted by molar-refractivity contribution is -0.141. The molecule has 2 heterocycles. The number of aliphatic carboxylic acids is 1. The van der Waals surface area contributed by atoms with Crippen molar-refractivity contribution in [2.75, 3.05) is 26.2 Å². The highest BCUT2D eigenvalue weighted by atomic mass is 16.4. The molecule has 0 aromatic rings. The first kappa shape index (κ1) is 13.4. The third-order valence-electron chi connectivity index (χ3n) is 5.35. The molecule has 0 aromatic carbocycles. The summed E-state index contributed by atoms with van der Waals surface area (Å²) in [5, 5.41) is 9.12. The Balaban J connectivity index is 1.55. The van der Waals surface area contributed by atoms with Crippen LogP contribution in [0.5, 0.6) is 0 Å². The van der Waals surface area contributed by atoms with Crippen LogP contribution < -0.4 is 0 Å². The van der Waals surface area contributed by atoms with Crippen LogP contribution in [0.3, 0.4) is 0 Å². The Bertz CT molecular complexity index is 328. The van der Waals surface area contributed by atoms with E-state index in [1.54, 1.807) is 0 Å². The summed E-state index contributed by atoms with van der Waals surface area (Å²) in [6.45, 7) is 4.20. The second kappa shape index (κ2) is 5.80. The standard InChI is InChI=1S/C15H26N2O2/c18-15(19)12-7-9-17(10-12)14-6-3-8-16(11-14)13-4-1-2-5-13/h12-14H,1-11H2,(H,18,19). The van der Waals surface area contributed by atoms with E-state index >= 15 is 0 Å². The maximum Gasteiger partial charge on any atom is 0.307 e. The van der Waals surface area contributed by atoms with Crippen LogP contribution in [-0.4, -0.2) is 59.1 Å². The van der Waals surface area contributed by atoms with Crippen LogP contribution in [0.2, 0.25) is 0 Å². The number of rotatable bonds is 3. The highest BCUT2D eigenvalue weighted by Gasteiger charge is 2.35. The Morgan fingerprint density at radius 2 is 1.53 bits per heavy atom. The minimum absolute atomic E-state index is 0.123. The van der Waals surface area contributed by atoms with E-state index in [0.29, 0.717) is 6.04 Å². The number of carboxylic acids is 1. The van der Waals surface area contributed by atoms with Gasteiger partial charge in [0.1, 0.15) is 0 Å². The van der Waals surface area contributed by atoms with Crippen molar-refractivity contribution in [1.82, 2.24) is 9.80 Å². The third-order valence-corrected chi connectivity index (χ3v) is 5.35. The summed E-state index contributed by atoms with van der Waals surface area (Å²) in [6, 6.07) is 1.43. The van der Waals surface area contributed by atoms with Gasteiger partial charge in [0, 0.05) is 25.2 Å². The number of likely N-dealkylation sites (tertiary alicyclic amines) is 2. The van der Waals surface area contributed by atoms with Gasteiger partial charge in [0.15, 0.2) is 0 Å². The zero-order valence-corrected chi connectivity index (χ0v) is 11.8. The molecule has 1 N–H and O–H groups in total. The smallest absolute Gasteiger partial charge is 0.307 e. The van der Waals surface area contributed by atoms with Crippen LogP contribution in [0.25, 0.3) is 0 Å². The number of piperidine rings is 1. The van der Waals surface area contributed by atoms with Crippen LogP contribution >= 0.6 is 0 Å². The molecule has 0 amide bonds. The summed E-state index contributed by atoms with van der Waals surface area (Å²) < 4.78 is 0. The van der Waals surface area contributed by atoms with E-state index in [4.69, 9.17) is 5.11 Å². The molecular formula is C15H26N2O2. The molecule has 1 aliphatic carbocycles. The monoisotopic (exact) mass is 266 g/mol. The molecule has 108 valence electrons. The van der Waals surface area contributed by atoms with Gasteiger partial charge in [0.25, 0.3) is 0 Å². The fourth-order valence-corrected chi connectivity index (χ4v) is 4.20. The van der Waals surface area contributed by atoms with Crippen molar-refractivity contribution >= 4 is 5.97 Å². The van der Waals surface area contributed by atoms with Gasteiger partial charge in [-0.15, -0.1) is 0 Å². The molecular weight excluding hydrogens is 240 g/mol. The molecule has 2 unspecified atom stereocenters. The van der Waals surface area contributed by atoms with Crippen molar-refractivity contribution in [3.05, 3.63) is 0 Å². The van der Waals surface area contributed by atoms with Crippen molar-refractivity contribution in [3.8, 4) is 0 Å². The Labute approximate surface area is 115 Å². The van der Waals surface area contributed by atoms with Crippen molar-refractivity contribution in [3.63, 3.8) is 0 Å². The second-order valence-corrected chi connectivity index (χ2v) is 6.55. The SMILES string of the molecule is O=C(O)C1CCN(C2CCCN(C3CCCC3)C2)C1. The number of nitrogens with zero attached hydrogens (tertiary/aromatic N) is 2. The van der Waals surface area contributed by atoms with Crippen LogP contribution in [0, 0.1) is 5.92 Å². The second-order valence-electron chi connectivity index (χ2n) is 6.55. The largest absolute Gasteiger partial charge is 0.481 e. The summed E-state index contributed by atoms with van der Waals surface area (Å²) in [7, 11) is 0. The van der Waals surface area contributed by atoms with Crippen LogP contribution in [0.1, 0.15) is 44.9 Å². The van der Waals surface area contributed by atoms with Crippen molar-refractivity contribution in [2.45, 2.75) is 57.0 Å². The summed E-state index contributed by atoms with van der Waals surface area (Å²) in [6.07, 6.45) is 8.95. The molecule has 0 radical (unpaired) electrons. The van der Waals surface area contributed by atoms with Gasteiger partial charge in [-0.3, -0.25) is 14.6 Å². The fraction of sp³-hybridized carbons (Fsp3) is 0.933. The van der Waals surface area contributed by atoms with Gasteiger partial charge in [-0.1, -0.05) is 12.8 Å². The molecule has 19 heavy (non-hydrogen) atoms. The lowest BCUT2D eigenvalue weighted by Crippen LogP contribution is -2.50. The van der Waals surface area contributed by atoms with E-state index in [9.17, 15) is 4.79 Å². The van der Waals surface area contributed by atoms with Crippen molar-refractivity contribution in [2.24, 2.45) is 5.92 Å². The zero-order chi connectivity index (χ0) is 13.2. The fourth-order valence-electron chi connectivity index (χ4n) is 4.20. The summed E-state index contributed by atoms with van der Waals surface area (Å²) >= 11 is 0. The summed E-state index contributed by atoms with van der Waals surface area (Å²) in [4.78, 5) is 16.2. The topological polar surface area (TPSA) is 43.8 Å². The first-order valence-electron chi connectivity index (χ1n) is 7.95. The van der Waals surface area contributed by atoms with Crippen LogP contribution in [0.4, 0.5) is 0 Å². The molecule has 4 nitrogen and oxygen atoms in total. The predicted octanol–water partition coefficient (Wildman–Crippen LogP) is 1.80. The molecule has 2 aliphatic heterocycles. The minimum atomic E-state index is -0.606. The van der Waals surface area contributed by atoms with E-state index in [0.717, 1.165) is 25.6 Å². The Kier molecular flexibility index (Phi) is 4.08. The molecule has 3 aliphatic rings. The molecule has 0 spiro atoms. The molecule has 0 aromatic heterocycles. The van der Waals surface area contributed by atoms with Crippen molar-refractivity contribution < 1.29 is 9.90 Å². The predicted molar refractivity (Wildman–Crippen MR) is 74.2 cm³/mol. The van der Waals surface area contributed by atoms with E-state index in [-0.39, 0.29) is 5.92 Å². The average molecular weight is 266 g/mol. The van der Waals surface area contributed by atoms with E-state index in [1.165, 1.54) is 51.6 Å². The number of hydrogen-bond donors (Lipinski definition) is 1. The minimum Gasteiger partial charge on any atom is -0.481 e. The third kappa shape index (κ3) is 2.95. The highest BCUT2D eigenvalue weighted by Crippen LogP contribution is 2.29. The van der Waals surface area contributed by atoms with Gasteiger partial charge in [-0.2, -0.15) is 0 Å². The Morgan fingerprint density at radius 1 is 0.842 bits per heavy atom. The van der Waals surface area contributed by atoms with Gasteiger partial charge in [-0.25, -0.2) is 0 Å². The summed E-state index contributed by atoms with van der Waals surface area (Å²) in [5.74, 6) is -0.729. The van der Waals surface area contributed by atoms with Crippen molar-refractivity contribution in [1.29, 1.82) is 0 Å². The highest BCUT2D eigenvalue weighted by molar-refractivity contribution is 5.70. The molecule has 0 bridgehead atoms. The first-order chi connectivity index (χ1) is 9.24. The van der Waals surface area contributed by atoms with Crippen LogP contribution in [0.15, 0.2) is 0 Å². The molecule has 3 fully saturated rings.